The molecule has 1 atom stereocenters. The Hall–Kier alpha value is -2.91. The van der Waals surface area contributed by atoms with Gasteiger partial charge in [0.05, 0.1) is 17.1 Å². The molecule has 0 saturated heterocycles. The SMILES string of the molecule is CC1Oc2ccc(C(=O)NO)cc2N(Cc2ccc(S(C)(=O)=O)cc2)C1=O. The molecule has 2 amide bonds. The zero-order valence-electron chi connectivity index (χ0n) is 14.7. The minimum atomic E-state index is -3.31. The molecule has 0 saturated carbocycles. The van der Waals surface area contributed by atoms with E-state index in [9.17, 15) is 18.0 Å². The van der Waals surface area contributed by atoms with Crippen molar-refractivity contribution in [3.63, 3.8) is 0 Å². The molecule has 0 radical (unpaired) electrons. The number of carbonyl (C=O) groups is 2. The van der Waals surface area contributed by atoms with Gasteiger partial charge in [-0.2, -0.15) is 0 Å². The van der Waals surface area contributed by atoms with E-state index in [0.717, 1.165) is 6.26 Å². The lowest BCUT2D eigenvalue weighted by Crippen LogP contribution is -2.44. The molecular weight excluding hydrogens is 372 g/mol. The number of hydroxylamine groups is 1. The van der Waals surface area contributed by atoms with Crippen molar-refractivity contribution >= 4 is 27.3 Å². The largest absolute Gasteiger partial charge is 0.479 e. The van der Waals surface area contributed by atoms with Crippen LogP contribution in [0.25, 0.3) is 0 Å². The number of benzene rings is 2. The monoisotopic (exact) mass is 390 g/mol. The third-order valence-electron chi connectivity index (χ3n) is 4.22. The molecule has 2 N–H and O–H groups in total. The number of rotatable bonds is 4. The van der Waals surface area contributed by atoms with E-state index in [1.165, 1.54) is 29.2 Å². The maximum absolute atomic E-state index is 12.6. The maximum atomic E-state index is 12.6. The normalized spacial score (nSPS) is 16.5. The second-order valence-electron chi connectivity index (χ2n) is 6.22. The molecule has 3 rings (SSSR count). The van der Waals surface area contributed by atoms with Crippen molar-refractivity contribution < 1.29 is 28.0 Å². The topological polar surface area (TPSA) is 113 Å². The first kappa shape index (κ1) is 18.9. The van der Waals surface area contributed by atoms with Crippen LogP contribution in [-0.4, -0.2) is 37.8 Å². The minimum Gasteiger partial charge on any atom is -0.479 e. The Morgan fingerprint density at radius 1 is 1.22 bits per heavy atom. The average Bonchev–Trinajstić information content (AvgIpc) is 2.64. The third kappa shape index (κ3) is 3.79. The van der Waals surface area contributed by atoms with E-state index in [1.54, 1.807) is 30.6 Å². The smallest absolute Gasteiger partial charge is 0.274 e. The summed E-state index contributed by atoms with van der Waals surface area (Å²) in [6.07, 6.45) is 0.421. The summed E-state index contributed by atoms with van der Waals surface area (Å²) < 4.78 is 28.7. The first-order valence-electron chi connectivity index (χ1n) is 8.06. The zero-order chi connectivity index (χ0) is 19.8. The van der Waals surface area contributed by atoms with Crippen molar-refractivity contribution in [1.82, 2.24) is 5.48 Å². The van der Waals surface area contributed by atoms with Crippen LogP contribution < -0.4 is 15.1 Å². The molecule has 8 nitrogen and oxygen atoms in total. The van der Waals surface area contributed by atoms with Crippen molar-refractivity contribution in [2.75, 3.05) is 11.2 Å². The molecule has 0 bridgehead atoms. The van der Waals surface area contributed by atoms with Crippen molar-refractivity contribution in [2.45, 2.75) is 24.5 Å². The third-order valence-corrected chi connectivity index (χ3v) is 5.35. The highest BCUT2D eigenvalue weighted by Gasteiger charge is 2.32. The van der Waals surface area contributed by atoms with E-state index in [1.807, 2.05) is 0 Å². The van der Waals surface area contributed by atoms with Crippen molar-refractivity contribution in [3.8, 4) is 5.75 Å². The molecule has 142 valence electrons. The lowest BCUT2D eigenvalue weighted by Gasteiger charge is -2.33. The van der Waals surface area contributed by atoms with E-state index < -0.39 is 21.8 Å². The summed E-state index contributed by atoms with van der Waals surface area (Å²) in [7, 11) is -3.31. The van der Waals surface area contributed by atoms with Crippen molar-refractivity contribution in [2.24, 2.45) is 0 Å². The number of nitrogens with zero attached hydrogens (tertiary/aromatic N) is 1. The van der Waals surface area contributed by atoms with Gasteiger partial charge in [0.25, 0.3) is 11.8 Å². The first-order valence-corrected chi connectivity index (χ1v) is 9.95. The summed E-state index contributed by atoms with van der Waals surface area (Å²) in [5, 5.41) is 8.82. The van der Waals surface area contributed by atoms with Crippen LogP contribution in [0.1, 0.15) is 22.8 Å². The lowest BCUT2D eigenvalue weighted by molar-refractivity contribution is -0.125. The second kappa shape index (κ2) is 7.01. The van der Waals surface area contributed by atoms with Gasteiger partial charge in [-0.15, -0.1) is 0 Å². The molecule has 27 heavy (non-hydrogen) atoms. The molecule has 2 aromatic rings. The van der Waals surface area contributed by atoms with E-state index >= 15 is 0 Å². The fourth-order valence-corrected chi connectivity index (χ4v) is 3.43. The van der Waals surface area contributed by atoms with Crippen LogP contribution in [0.4, 0.5) is 5.69 Å². The molecule has 0 aromatic heterocycles. The Kier molecular flexibility index (Phi) is 4.90. The number of fused-ring (bicyclic) bond motifs is 1. The highest BCUT2D eigenvalue weighted by atomic mass is 32.2. The van der Waals surface area contributed by atoms with Crippen LogP contribution in [0.5, 0.6) is 5.75 Å². The maximum Gasteiger partial charge on any atom is 0.274 e. The highest BCUT2D eigenvalue weighted by molar-refractivity contribution is 7.90. The number of sulfone groups is 1. The number of nitrogens with one attached hydrogen (secondary N) is 1. The van der Waals surface area contributed by atoms with Crippen molar-refractivity contribution in [1.29, 1.82) is 0 Å². The number of hydrogen-bond donors (Lipinski definition) is 2. The van der Waals surface area contributed by atoms with Gasteiger partial charge in [-0.05, 0) is 42.8 Å². The molecule has 0 spiro atoms. The Morgan fingerprint density at radius 3 is 2.48 bits per heavy atom. The number of anilines is 1. The van der Waals surface area contributed by atoms with Crippen LogP contribution >= 0.6 is 0 Å². The molecule has 1 heterocycles. The number of amides is 2. The fourth-order valence-electron chi connectivity index (χ4n) is 2.80. The van der Waals surface area contributed by atoms with Crippen LogP contribution in [-0.2, 0) is 21.2 Å². The molecule has 0 fully saturated rings. The van der Waals surface area contributed by atoms with Gasteiger partial charge in [0.15, 0.2) is 15.9 Å². The van der Waals surface area contributed by atoms with Gasteiger partial charge in [0, 0.05) is 11.8 Å². The van der Waals surface area contributed by atoms with Gasteiger partial charge in [-0.3, -0.25) is 14.8 Å². The van der Waals surface area contributed by atoms with Crippen LogP contribution in [0.2, 0.25) is 0 Å². The molecule has 0 aliphatic carbocycles. The molecule has 1 aliphatic heterocycles. The fraction of sp³-hybridized carbons (Fsp3) is 0.222. The summed E-state index contributed by atoms with van der Waals surface area (Å²) in [4.78, 5) is 26.0. The van der Waals surface area contributed by atoms with E-state index in [4.69, 9.17) is 9.94 Å². The Labute approximate surface area is 156 Å². The summed E-state index contributed by atoms with van der Waals surface area (Å²) in [6.45, 7) is 1.80. The first-order chi connectivity index (χ1) is 12.7. The van der Waals surface area contributed by atoms with Gasteiger partial charge in [-0.25, -0.2) is 13.9 Å². The summed E-state index contributed by atoms with van der Waals surface area (Å²) in [5.41, 5.74) is 2.83. The van der Waals surface area contributed by atoms with E-state index in [0.29, 0.717) is 17.0 Å². The zero-order valence-corrected chi connectivity index (χ0v) is 15.5. The van der Waals surface area contributed by atoms with Crippen LogP contribution in [0, 0.1) is 0 Å². The lowest BCUT2D eigenvalue weighted by atomic mass is 10.1. The Bertz CT molecular complexity index is 1000. The van der Waals surface area contributed by atoms with E-state index in [-0.39, 0.29) is 22.9 Å². The molecule has 2 aromatic carbocycles. The second-order valence-corrected chi connectivity index (χ2v) is 8.24. The molecular formula is C18H18N2O6S. The molecule has 1 unspecified atom stereocenters. The predicted molar refractivity (Wildman–Crippen MR) is 96.5 cm³/mol. The van der Waals surface area contributed by atoms with Gasteiger partial charge in [0.1, 0.15) is 5.75 Å². The van der Waals surface area contributed by atoms with Crippen LogP contribution in [0.15, 0.2) is 47.4 Å². The average molecular weight is 390 g/mol. The molecule has 9 heteroatoms. The number of ether oxygens (including phenoxy) is 1. The van der Waals surface area contributed by atoms with Gasteiger partial charge >= 0.3 is 0 Å². The van der Waals surface area contributed by atoms with Gasteiger partial charge < -0.3 is 9.64 Å². The van der Waals surface area contributed by atoms with Gasteiger partial charge in [-0.1, -0.05) is 12.1 Å². The quantitative estimate of drug-likeness (QED) is 0.605. The highest BCUT2D eigenvalue weighted by Crippen LogP contribution is 2.36. The number of carbonyl (C=O) groups excluding carboxylic acids is 2. The minimum absolute atomic E-state index is 0.166. The van der Waals surface area contributed by atoms with E-state index in [2.05, 4.69) is 0 Å². The predicted octanol–water partition coefficient (Wildman–Crippen LogP) is 1.52. The summed E-state index contributed by atoms with van der Waals surface area (Å²) in [5.74, 6) is -0.568. The number of hydrogen-bond acceptors (Lipinski definition) is 6. The van der Waals surface area contributed by atoms with Gasteiger partial charge in [0.2, 0.25) is 0 Å². The van der Waals surface area contributed by atoms with Crippen molar-refractivity contribution in [3.05, 3.63) is 53.6 Å². The summed E-state index contributed by atoms with van der Waals surface area (Å²) >= 11 is 0. The standard InChI is InChI=1S/C18H18N2O6S/c1-11-18(22)20(10-12-3-6-14(7-4-12)27(2,24)25)15-9-13(17(21)19-23)5-8-16(15)26-11/h3-9,11,23H,10H2,1-2H3,(H,19,21). The Morgan fingerprint density at radius 2 is 1.89 bits per heavy atom. The molecule has 1 aliphatic rings. The summed E-state index contributed by atoms with van der Waals surface area (Å²) in [6, 6.07) is 10.7. The Balaban J connectivity index is 1.97. The van der Waals surface area contributed by atoms with Crippen LogP contribution in [0.3, 0.4) is 0 Å².